The third-order valence-electron chi connectivity index (χ3n) is 4.70. The second-order valence-electron chi connectivity index (χ2n) is 6.20. The van der Waals surface area contributed by atoms with Crippen LogP contribution < -0.4 is 4.90 Å². The summed E-state index contributed by atoms with van der Waals surface area (Å²) in [5.41, 5.74) is 3.27. The summed E-state index contributed by atoms with van der Waals surface area (Å²) in [6.45, 7) is 6.60. The maximum absolute atomic E-state index is 6.30. The average Bonchev–Trinajstić information content (AvgIpc) is 2.97. The zero-order valence-corrected chi connectivity index (χ0v) is 14.6. The molecule has 1 fully saturated rings. The minimum absolute atomic E-state index is 0.506. The Bertz CT molecular complexity index is 729. The van der Waals surface area contributed by atoms with E-state index in [0.29, 0.717) is 18.4 Å². The van der Waals surface area contributed by atoms with Gasteiger partial charge in [-0.15, -0.1) is 0 Å². The van der Waals surface area contributed by atoms with Crippen molar-refractivity contribution in [2.24, 2.45) is 0 Å². The Morgan fingerprint density at radius 1 is 1.25 bits per heavy atom. The molecule has 4 rings (SSSR count). The van der Waals surface area contributed by atoms with Crippen molar-refractivity contribution < 1.29 is 9.47 Å². The largest absolute Gasteiger partial charge is 0.383 e. The van der Waals surface area contributed by atoms with Crippen LogP contribution in [-0.2, 0) is 22.4 Å². The van der Waals surface area contributed by atoms with Crippen molar-refractivity contribution in [1.29, 1.82) is 0 Å². The normalized spacial score (nSPS) is 19.0. The van der Waals surface area contributed by atoms with E-state index < -0.39 is 0 Å². The van der Waals surface area contributed by atoms with Crippen LogP contribution in [0.2, 0.25) is 5.15 Å². The molecule has 2 aromatic heterocycles. The predicted octanol–water partition coefficient (Wildman–Crippen LogP) is 1.22. The van der Waals surface area contributed by atoms with Gasteiger partial charge in [-0.1, -0.05) is 11.6 Å². The molecule has 0 amide bonds. The number of rotatable bonds is 4. The highest BCUT2D eigenvalue weighted by Gasteiger charge is 2.25. The Balaban J connectivity index is 1.70. The zero-order chi connectivity index (χ0) is 16.5. The molecule has 130 valence electrons. The van der Waals surface area contributed by atoms with Crippen molar-refractivity contribution in [2.45, 2.75) is 13.0 Å². The van der Waals surface area contributed by atoms with Crippen LogP contribution in [0.4, 0.5) is 5.82 Å². The van der Waals surface area contributed by atoms with Gasteiger partial charge in [0.2, 0.25) is 0 Å². The fourth-order valence-electron chi connectivity index (χ4n) is 3.44. The van der Waals surface area contributed by atoms with Gasteiger partial charge in [0, 0.05) is 58.1 Å². The molecule has 2 aliphatic rings. The number of morpholine rings is 1. The molecule has 0 unspecified atom stereocenters. The van der Waals surface area contributed by atoms with Gasteiger partial charge < -0.3 is 14.4 Å². The fraction of sp³-hybridized carbons (Fsp3) is 0.625. The number of aromatic nitrogens is 3. The van der Waals surface area contributed by atoms with Crippen LogP contribution in [-0.4, -0.2) is 72.4 Å². The molecule has 0 spiro atoms. The second-order valence-corrected chi connectivity index (χ2v) is 6.59. The van der Waals surface area contributed by atoms with Gasteiger partial charge in [-0.3, -0.25) is 9.30 Å². The van der Waals surface area contributed by atoms with Gasteiger partial charge in [-0.05, 0) is 0 Å². The molecule has 2 aliphatic heterocycles. The van der Waals surface area contributed by atoms with E-state index in [-0.39, 0.29) is 0 Å². The first-order chi connectivity index (χ1) is 11.8. The molecule has 2 aromatic rings. The summed E-state index contributed by atoms with van der Waals surface area (Å²) in [5.74, 6) is 0.864. The number of anilines is 1. The molecule has 1 saturated heterocycles. The maximum atomic E-state index is 6.30. The molecule has 7 nitrogen and oxygen atoms in total. The van der Waals surface area contributed by atoms with Crippen LogP contribution in [0.5, 0.6) is 0 Å². The highest BCUT2D eigenvalue weighted by molar-refractivity contribution is 6.29. The standard InChI is InChI=1S/C16H22ClN5O2/c1-23-7-4-20-3-2-13-12(10-20)18-16-15(19-14(17)11-22(13)16)21-5-8-24-9-6-21/h11H,2-10H2,1H3. The maximum Gasteiger partial charge on any atom is 0.180 e. The van der Waals surface area contributed by atoms with E-state index in [0.717, 1.165) is 62.9 Å². The molecular formula is C16H22ClN5O2. The number of hydrogen-bond acceptors (Lipinski definition) is 6. The van der Waals surface area contributed by atoms with Gasteiger partial charge in [-0.25, -0.2) is 9.97 Å². The highest BCUT2D eigenvalue weighted by Crippen LogP contribution is 2.27. The van der Waals surface area contributed by atoms with E-state index in [2.05, 4.69) is 19.2 Å². The van der Waals surface area contributed by atoms with Crippen molar-refractivity contribution >= 4 is 23.1 Å². The van der Waals surface area contributed by atoms with Crippen molar-refractivity contribution in [2.75, 3.05) is 58.0 Å². The summed E-state index contributed by atoms with van der Waals surface area (Å²) in [7, 11) is 1.74. The van der Waals surface area contributed by atoms with Gasteiger partial charge in [0.05, 0.1) is 25.5 Å². The number of fused-ring (bicyclic) bond motifs is 3. The van der Waals surface area contributed by atoms with E-state index in [1.807, 2.05) is 6.20 Å². The summed E-state index contributed by atoms with van der Waals surface area (Å²) in [5, 5.41) is 0.506. The smallest absolute Gasteiger partial charge is 0.180 e. The lowest BCUT2D eigenvalue weighted by atomic mass is 10.1. The first-order valence-electron chi connectivity index (χ1n) is 8.36. The highest BCUT2D eigenvalue weighted by atomic mass is 35.5. The molecular weight excluding hydrogens is 330 g/mol. The van der Waals surface area contributed by atoms with Crippen molar-refractivity contribution in [3.8, 4) is 0 Å². The lowest BCUT2D eigenvalue weighted by Gasteiger charge is -2.28. The number of halogens is 1. The second kappa shape index (κ2) is 6.84. The van der Waals surface area contributed by atoms with Crippen LogP contribution >= 0.6 is 11.6 Å². The molecule has 0 atom stereocenters. The molecule has 0 saturated carbocycles. The van der Waals surface area contributed by atoms with Gasteiger partial charge in [0.1, 0.15) is 5.15 Å². The summed E-state index contributed by atoms with van der Waals surface area (Å²) < 4.78 is 12.8. The van der Waals surface area contributed by atoms with Crippen LogP contribution in [0.1, 0.15) is 11.4 Å². The van der Waals surface area contributed by atoms with Gasteiger partial charge >= 0.3 is 0 Å². The van der Waals surface area contributed by atoms with Crippen molar-refractivity contribution in [1.82, 2.24) is 19.3 Å². The molecule has 0 aromatic carbocycles. The number of ether oxygens (including phenoxy) is 2. The number of hydrogen-bond donors (Lipinski definition) is 0. The van der Waals surface area contributed by atoms with Crippen LogP contribution in [0.15, 0.2) is 6.20 Å². The molecule has 0 bridgehead atoms. The number of imidazole rings is 1. The average molecular weight is 352 g/mol. The van der Waals surface area contributed by atoms with Crippen LogP contribution in [0, 0.1) is 0 Å². The third kappa shape index (κ3) is 2.97. The molecule has 4 heterocycles. The van der Waals surface area contributed by atoms with E-state index >= 15 is 0 Å². The lowest BCUT2D eigenvalue weighted by Crippen LogP contribution is -2.37. The molecule has 24 heavy (non-hydrogen) atoms. The zero-order valence-electron chi connectivity index (χ0n) is 13.9. The Morgan fingerprint density at radius 2 is 2.08 bits per heavy atom. The van der Waals surface area contributed by atoms with E-state index in [1.165, 1.54) is 5.69 Å². The number of nitrogens with zero attached hydrogens (tertiary/aromatic N) is 5. The predicted molar refractivity (Wildman–Crippen MR) is 91.9 cm³/mol. The first-order valence-corrected chi connectivity index (χ1v) is 8.74. The molecule has 0 N–H and O–H groups in total. The minimum atomic E-state index is 0.506. The summed E-state index contributed by atoms with van der Waals surface area (Å²) >= 11 is 6.30. The van der Waals surface area contributed by atoms with E-state index in [1.54, 1.807) is 7.11 Å². The summed E-state index contributed by atoms with van der Waals surface area (Å²) in [4.78, 5) is 14.1. The van der Waals surface area contributed by atoms with Gasteiger partial charge in [0.15, 0.2) is 11.5 Å². The third-order valence-corrected chi connectivity index (χ3v) is 4.88. The molecule has 8 heteroatoms. The van der Waals surface area contributed by atoms with Gasteiger partial charge in [-0.2, -0.15) is 0 Å². The van der Waals surface area contributed by atoms with Crippen LogP contribution in [0.3, 0.4) is 0 Å². The Kier molecular flexibility index (Phi) is 4.58. The number of methoxy groups -OCH3 is 1. The lowest BCUT2D eigenvalue weighted by molar-refractivity contribution is 0.122. The fourth-order valence-corrected chi connectivity index (χ4v) is 3.62. The Morgan fingerprint density at radius 3 is 2.88 bits per heavy atom. The Labute approximate surface area is 146 Å². The summed E-state index contributed by atoms with van der Waals surface area (Å²) in [6.07, 6.45) is 2.85. The molecule has 0 radical (unpaired) electrons. The van der Waals surface area contributed by atoms with E-state index in [9.17, 15) is 0 Å². The van der Waals surface area contributed by atoms with Gasteiger partial charge in [0.25, 0.3) is 0 Å². The first kappa shape index (κ1) is 16.1. The monoisotopic (exact) mass is 351 g/mol. The quantitative estimate of drug-likeness (QED) is 0.825. The molecule has 0 aliphatic carbocycles. The van der Waals surface area contributed by atoms with Crippen molar-refractivity contribution in [3.05, 3.63) is 22.7 Å². The van der Waals surface area contributed by atoms with Crippen molar-refractivity contribution in [3.63, 3.8) is 0 Å². The van der Waals surface area contributed by atoms with Crippen LogP contribution in [0.25, 0.3) is 5.65 Å². The van der Waals surface area contributed by atoms with E-state index in [4.69, 9.17) is 26.1 Å². The SMILES string of the molecule is COCCN1CCc2c(nc3c(N4CCOCC4)nc(Cl)cn23)C1. The summed E-state index contributed by atoms with van der Waals surface area (Å²) in [6, 6.07) is 0. The minimum Gasteiger partial charge on any atom is -0.383 e. The Hall–Kier alpha value is -1.41. The topological polar surface area (TPSA) is 55.1 Å².